The molecule has 0 aliphatic rings. The highest BCUT2D eigenvalue weighted by molar-refractivity contribution is 5.46. The van der Waals surface area contributed by atoms with Crippen LogP contribution in [0.25, 0.3) is 0 Å². The van der Waals surface area contributed by atoms with Crippen molar-refractivity contribution < 1.29 is 9.66 Å². The molecule has 1 aromatic rings. The van der Waals surface area contributed by atoms with Crippen LogP contribution in [0.2, 0.25) is 0 Å². The van der Waals surface area contributed by atoms with E-state index in [0.717, 1.165) is 0 Å². The average molecular weight is 239 g/mol. The summed E-state index contributed by atoms with van der Waals surface area (Å²) >= 11 is 0. The minimum Gasteiger partial charge on any atom is -0.377 e. The summed E-state index contributed by atoms with van der Waals surface area (Å²) in [5.41, 5.74) is 0.630. The Bertz CT molecular complexity index is 396. The number of aromatic nitrogens is 1. The molecule has 6 nitrogen and oxygen atoms in total. The first kappa shape index (κ1) is 13.4. The Labute approximate surface area is 100 Å². The summed E-state index contributed by atoms with van der Waals surface area (Å²) in [4.78, 5) is 14.2. The molecule has 1 atom stereocenters. The van der Waals surface area contributed by atoms with Gasteiger partial charge >= 0.3 is 0 Å². The van der Waals surface area contributed by atoms with Gasteiger partial charge in [-0.05, 0) is 26.8 Å². The van der Waals surface area contributed by atoms with Gasteiger partial charge in [-0.15, -0.1) is 0 Å². The molecule has 0 fully saturated rings. The van der Waals surface area contributed by atoms with Gasteiger partial charge in [0.05, 0.1) is 11.0 Å². The average Bonchev–Trinajstić information content (AvgIpc) is 2.26. The maximum Gasteiger partial charge on any atom is 0.290 e. The van der Waals surface area contributed by atoms with E-state index in [9.17, 15) is 10.1 Å². The van der Waals surface area contributed by atoms with Crippen molar-refractivity contribution in [1.82, 2.24) is 4.98 Å². The van der Waals surface area contributed by atoms with Crippen molar-refractivity contribution in [2.75, 3.05) is 18.5 Å². The number of nitrogens with zero attached hydrogens (tertiary/aromatic N) is 2. The van der Waals surface area contributed by atoms with E-state index in [1.54, 1.807) is 13.0 Å². The van der Waals surface area contributed by atoms with E-state index in [4.69, 9.17) is 4.74 Å². The van der Waals surface area contributed by atoms with Gasteiger partial charge in [0.1, 0.15) is 12.0 Å². The number of pyridine rings is 1. The van der Waals surface area contributed by atoms with Crippen LogP contribution in [0.3, 0.4) is 0 Å². The Hall–Kier alpha value is -1.69. The van der Waals surface area contributed by atoms with E-state index < -0.39 is 4.92 Å². The molecule has 1 unspecified atom stereocenters. The van der Waals surface area contributed by atoms with Crippen molar-refractivity contribution in [2.45, 2.75) is 26.9 Å². The lowest BCUT2D eigenvalue weighted by Crippen LogP contribution is -2.20. The molecule has 0 saturated carbocycles. The van der Waals surface area contributed by atoms with E-state index in [2.05, 4.69) is 10.3 Å². The molecule has 1 N–H and O–H groups in total. The zero-order valence-electron chi connectivity index (χ0n) is 10.3. The number of aryl methyl sites for hydroxylation is 1. The number of ether oxygens (including phenoxy) is 1. The summed E-state index contributed by atoms with van der Waals surface area (Å²) in [5, 5.41) is 13.7. The van der Waals surface area contributed by atoms with Crippen LogP contribution in [0.4, 0.5) is 11.5 Å². The predicted octanol–water partition coefficient (Wildman–Crippen LogP) is 2.14. The molecule has 0 aromatic carbocycles. The van der Waals surface area contributed by atoms with Crippen LogP contribution in [-0.2, 0) is 4.74 Å². The third-order valence-electron chi connectivity index (χ3n) is 2.30. The second kappa shape index (κ2) is 6.15. The first-order chi connectivity index (χ1) is 8.04. The number of nitro groups is 1. The van der Waals surface area contributed by atoms with Crippen LogP contribution in [0.5, 0.6) is 0 Å². The van der Waals surface area contributed by atoms with Crippen LogP contribution in [0, 0.1) is 17.0 Å². The van der Waals surface area contributed by atoms with Gasteiger partial charge in [0.15, 0.2) is 0 Å². The first-order valence-electron chi connectivity index (χ1n) is 5.51. The summed E-state index contributed by atoms with van der Waals surface area (Å²) in [6.07, 6.45) is 1.35. The van der Waals surface area contributed by atoms with Gasteiger partial charge in [-0.3, -0.25) is 10.1 Å². The molecule has 0 aliphatic heterocycles. The van der Waals surface area contributed by atoms with Gasteiger partial charge in [-0.25, -0.2) is 4.98 Å². The maximum absolute atomic E-state index is 10.6. The molecule has 1 rings (SSSR count). The van der Waals surface area contributed by atoms with Gasteiger partial charge in [0.2, 0.25) is 0 Å². The van der Waals surface area contributed by atoms with Crippen LogP contribution in [0.15, 0.2) is 12.3 Å². The molecule has 94 valence electrons. The molecular weight excluding hydrogens is 222 g/mol. The molecule has 0 spiro atoms. The normalized spacial score (nSPS) is 12.2. The lowest BCUT2D eigenvalue weighted by Gasteiger charge is -2.13. The number of hydrogen-bond donors (Lipinski definition) is 1. The monoisotopic (exact) mass is 239 g/mol. The molecule has 17 heavy (non-hydrogen) atoms. The van der Waals surface area contributed by atoms with E-state index in [1.807, 2.05) is 13.8 Å². The van der Waals surface area contributed by atoms with Crippen LogP contribution >= 0.6 is 0 Å². The third-order valence-corrected chi connectivity index (χ3v) is 2.30. The van der Waals surface area contributed by atoms with Crippen molar-refractivity contribution in [3.63, 3.8) is 0 Å². The molecule has 1 aromatic heterocycles. The summed E-state index contributed by atoms with van der Waals surface area (Å²) in [5.74, 6) is 0.625. The Morgan fingerprint density at radius 1 is 1.65 bits per heavy atom. The summed E-state index contributed by atoms with van der Waals surface area (Å²) < 4.78 is 5.36. The Morgan fingerprint density at radius 2 is 2.35 bits per heavy atom. The van der Waals surface area contributed by atoms with E-state index in [1.165, 1.54) is 6.20 Å². The quantitative estimate of drug-likeness (QED) is 0.607. The lowest BCUT2D eigenvalue weighted by molar-refractivity contribution is -0.385. The predicted molar refractivity (Wildman–Crippen MR) is 65.2 cm³/mol. The lowest BCUT2D eigenvalue weighted by atomic mass is 10.2. The van der Waals surface area contributed by atoms with Gasteiger partial charge in [0.25, 0.3) is 5.69 Å². The van der Waals surface area contributed by atoms with Crippen molar-refractivity contribution >= 4 is 11.5 Å². The fourth-order valence-electron chi connectivity index (χ4n) is 1.43. The summed E-state index contributed by atoms with van der Waals surface area (Å²) in [6.45, 7) is 6.87. The maximum atomic E-state index is 10.6. The van der Waals surface area contributed by atoms with Crippen molar-refractivity contribution in [3.05, 3.63) is 27.9 Å². The van der Waals surface area contributed by atoms with Crippen LogP contribution < -0.4 is 5.32 Å². The van der Waals surface area contributed by atoms with Crippen LogP contribution in [-0.4, -0.2) is 29.2 Å². The molecule has 0 bridgehead atoms. The number of anilines is 1. The Morgan fingerprint density at radius 3 is 2.88 bits per heavy atom. The standard InChI is InChI=1S/C11H17N3O3/c1-4-17-9(3)6-12-11-5-8(2)10(7-13-11)14(15)16/h5,7,9H,4,6H2,1-3H3,(H,12,13). The molecule has 0 radical (unpaired) electrons. The third kappa shape index (κ3) is 3.99. The number of rotatable bonds is 6. The molecule has 0 saturated heterocycles. The highest BCUT2D eigenvalue weighted by Gasteiger charge is 2.11. The van der Waals surface area contributed by atoms with Crippen molar-refractivity contribution in [1.29, 1.82) is 0 Å². The Balaban J connectivity index is 2.62. The minimum absolute atomic E-state index is 0.0356. The largest absolute Gasteiger partial charge is 0.377 e. The van der Waals surface area contributed by atoms with E-state index in [-0.39, 0.29) is 11.8 Å². The van der Waals surface area contributed by atoms with Crippen LogP contribution in [0.1, 0.15) is 19.4 Å². The van der Waals surface area contributed by atoms with Gasteiger partial charge < -0.3 is 10.1 Å². The van der Waals surface area contributed by atoms with Gasteiger partial charge in [-0.2, -0.15) is 0 Å². The molecule has 0 aliphatic carbocycles. The second-order valence-corrected chi connectivity index (χ2v) is 3.76. The van der Waals surface area contributed by atoms with Gasteiger partial charge in [0, 0.05) is 18.7 Å². The number of nitrogens with one attached hydrogen (secondary N) is 1. The smallest absolute Gasteiger partial charge is 0.290 e. The zero-order valence-corrected chi connectivity index (χ0v) is 10.3. The number of hydrogen-bond acceptors (Lipinski definition) is 5. The fourth-order valence-corrected chi connectivity index (χ4v) is 1.43. The van der Waals surface area contributed by atoms with Gasteiger partial charge in [-0.1, -0.05) is 0 Å². The molecular formula is C11H17N3O3. The zero-order chi connectivity index (χ0) is 12.8. The molecule has 1 heterocycles. The second-order valence-electron chi connectivity index (χ2n) is 3.76. The molecule has 0 amide bonds. The Kier molecular flexibility index (Phi) is 4.84. The summed E-state index contributed by atoms with van der Waals surface area (Å²) in [7, 11) is 0. The summed E-state index contributed by atoms with van der Waals surface area (Å²) in [6, 6.07) is 1.66. The van der Waals surface area contributed by atoms with E-state index >= 15 is 0 Å². The molecule has 6 heteroatoms. The highest BCUT2D eigenvalue weighted by atomic mass is 16.6. The fraction of sp³-hybridized carbons (Fsp3) is 0.545. The minimum atomic E-state index is -0.436. The SMILES string of the molecule is CCOC(C)CNc1cc(C)c([N+](=O)[O-])cn1. The topological polar surface area (TPSA) is 77.3 Å². The van der Waals surface area contributed by atoms with E-state index in [0.29, 0.717) is 24.5 Å². The first-order valence-corrected chi connectivity index (χ1v) is 5.51. The van der Waals surface area contributed by atoms with Crippen molar-refractivity contribution in [3.8, 4) is 0 Å². The van der Waals surface area contributed by atoms with Crippen molar-refractivity contribution in [2.24, 2.45) is 0 Å². The highest BCUT2D eigenvalue weighted by Crippen LogP contribution is 2.18.